The summed E-state index contributed by atoms with van der Waals surface area (Å²) < 4.78 is 18.1. The molecule has 0 aromatic rings. The highest BCUT2D eigenvalue weighted by molar-refractivity contribution is 5.88. The van der Waals surface area contributed by atoms with Crippen molar-refractivity contribution in [2.45, 2.75) is 89.8 Å². The lowest BCUT2D eigenvalue weighted by atomic mass is 9.43. The maximum atomic E-state index is 13.1. The van der Waals surface area contributed by atoms with Crippen molar-refractivity contribution in [3.63, 3.8) is 0 Å². The number of ether oxygens (including phenoxy) is 3. The molecule has 1 N–H and O–H groups in total. The number of carbonyl (C=O) groups is 1. The molecule has 5 heteroatoms. The molecule has 0 radical (unpaired) electrons. The molecular weight excluding hydrogens is 332 g/mol. The molecule has 2 aliphatic heterocycles. The van der Waals surface area contributed by atoms with Crippen LogP contribution in [-0.4, -0.2) is 48.2 Å². The Morgan fingerprint density at radius 2 is 1.88 bits per heavy atom. The first-order chi connectivity index (χ1) is 12.1. The Hall–Kier alpha value is -0.490. The fraction of sp³-hybridized carbons (Fsp3) is 0.952. The van der Waals surface area contributed by atoms with Gasteiger partial charge in [-0.15, -0.1) is 0 Å². The van der Waals surface area contributed by atoms with Gasteiger partial charge in [0.2, 0.25) is 0 Å². The van der Waals surface area contributed by atoms with Gasteiger partial charge in [0.05, 0.1) is 17.8 Å². The Morgan fingerprint density at radius 1 is 1.15 bits per heavy atom. The average Bonchev–Trinajstić information content (AvgIpc) is 3.16. The van der Waals surface area contributed by atoms with Gasteiger partial charge in [-0.05, 0) is 31.1 Å². The summed E-state index contributed by atoms with van der Waals surface area (Å²) in [5.74, 6) is -0.404. The number of aliphatic hydroxyl groups is 1. The number of carbonyl (C=O) groups excluding carboxylic acids is 1. The van der Waals surface area contributed by atoms with Crippen LogP contribution >= 0.6 is 0 Å². The van der Waals surface area contributed by atoms with Gasteiger partial charge < -0.3 is 19.3 Å². The van der Waals surface area contributed by atoms with Crippen molar-refractivity contribution in [2.75, 3.05) is 13.7 Å². The molecule has 0 aromatic heterocycles. The first-order valence-electron chi connectivity index (χ1n) is 10.2. The third kappa shape index (κ3) is 2.27. The van der Waals surface area contributed by atoms with E-state index in [0.29, 0.717) is 6.61 Å². The van der Waals surface area contributed by atoms with E-state index in [0.717, 1.165) is 38.5 Å². The lowest BCUT2D eigenvalue weighted by molar-refractivity contribution is -0.257. The molecule has 148 valence electrons. The van der Waals surface area contributed by atoms with E-state index in [1.54, 1.807) is 7.11 Å². The molecule has 7 unspecified atom stereocenters. The molecule has 26 heavy (non-hydrogen) atoms. The van der Waals surface area contributed by atoms with Crippen molar-refractivity contribution in [3.8, 4) is 0 Å². The van der Waals surface area contributed by atoms with Crippen molar-refractivity contribution < 1.29 is 24.1 Å². The molecule has 2 aliphatic carbocycles. The van der Waals surface area contributed by atoms with Crippen LogP contribution in [0.1, 0.15) is 66.2 Å². The summed E-state index contributed by atoms with van der Waals surface area (Å²) in [5.41, 5.74) is -1.16. The van der Waals surface area contributed by atoms with Crippen molar-refractivity contribution >= 4 is 5.78 Å². The maximum Gasteiger partial charge on any atom is 0.167 e. The van der Waals surface area contributed by atoms with Crippen LogP contribution in [0, 0.1) is 22.7 Å². The molecule has 2 heterocycles. The first-order valence-corrected chi connectivity index (χ1v) is 10.2. The molecule has 7 atom stereocenters. The first kappa shape index (κ1) is 18.9. The lowest BCUT2D eigenvalue weighted by Gasteiger charge is -2.64. The Balaban J connectivity index is 1.76. The summed E-state index contributed by atoms with van der Waals surface area (Å²) in [7, 11) is 1.67. The van der Waals surface area contributed by atoms with Gasteiger partial charge in [-0.3, -0.25) is 4.79 Å². The van der Waals surface area contributed by atoms with Gasteiger partial charge >= 0.3 is 0 Å². The third-order valence-electron chi connectivity index (χ3n) is 8.43. The number of rotatable bonds is 1. The van der Waals surface area contributed by atoms with Gasteiger partial charge in [-0.1, -0.05) is 34.1 Å². The number of hydrogen-bond donors (Lipinski definition) is 1. The number of fused-ring (bicyclic) bond motifs is 2. The molecule has 4 fully saturated rings. The second kappa shape index (κ2) is 5.76. The summed E-state index contributed by atoms with van der Waals surface area (Å²) in [6.07, 6.45) is 4.52. The van der Waals surface area contributed by atoms with Crippen molar-refractivity contribution in [3.05, 3.63) is 0 Å². The molecule has 0 bridgehead atoms. The lowest BCUT2D eigenvalue weighted by Crippen LogP contribution is -2.70. The van der Waals surface area contributed by atoms with E-state index in [4.69, 9.17) is 14.2 Å². The Labute approximate surface area is 156 Å². The Bertz CT molecular complexity index is 603. The van der Waals surface area contributed by atoms with Crippen LogP contribution in [-0.2, 0) is 19.0 Å². The zero-order valence-electron chi connectivity index (χ0n) is 16.8. The predicted octanol–water partition coefficient (Wildman–Crippen LogP) is 3.08. The molecule has 2 saturated carbocycles. The number of hydrogen-bond acceptors (Lipinski definition) is 5. The monoisotopic (exact) mass is 366 g/mol. The van der Waals surface area contributed by atoms with Gasteiger partial charge in [0, 0.05) is 30.8 Å². The van der Waals surface area contributed by atoms with Crippen LogP contribution in [0.15, 0.2) is 0 Å². The van der Waals surface area contributed by atoms with E-state index >= 15 is 0 Å². The number of aliphatic hydroxyl groups excluding tert-OH is 1. The maximum absolute atomic E-state index is 13.1. The molecule has 2 saturated heterocycles. The van der Waals surface area contributed by atoms with Crippen molar-refractivity contribution in [1.29, 1.82) is 0 Å². The van der Waals surface area contributed by atoms with E-state index < -0.39 is 11.7 Å². The van der Waals surface area contributed by atoms with Gasteiger partial charge in [-0.2, -0.15) is 0 Å². The molecule has 0 aromatic carbocycles. The predicted molar refractivity (Wildman–Crippen MR) is 96.6 cm³/mol. The molecule has 4 rings (SSSR count). The molecule has 5 nitrogen and oxygen atoms in total. The SMILES string of the molecule is COC1CC2(CCC3(O2)C(C)C(=O)C(O)C2C(C)(C)CCCC23C)CO1. The fourth-order valence-corrected chi connectivity index (χ4v) is 7.15. The number of methoxy groups -OCH3 is 1. The van der Waals surface area contributed by atoms with Crippen LogP contribution in [0.2, 0.25) is 0 Å². The van der Waals surface area contributed by atoms with Gasteiger partial charge in [0.15, 0.2) is 12.1 Å². The van der Waals surface area contributed by atoms with E-state index in [9.17, 15) is 9.90 Å². The highest BCUT2D eigenvalue weighted by atomic mass is 16.7. The van der Waals surface area contributed by atoms with Crippen LogP contribution < -0.4 is 0 Å². The van der Waals surface area contributed by atoms with Crippen LogP contribution in [0.4, 0.5) is 0 Å². The Morgan fingerprint density at radius 3 is 2.54 bits per heavy atom. The number of Topliss-reactive ketones (excluding diaryl/α,β-unsaturated/α-hetero) is 1. The van der Waals surface area contributed by atoms with E-state index in [-0.39, 0.29) is 40.3 Å². The smallest absolute Gasteiger partial charge is 0.167 e. The largest absolute Gasteiger partial charge is 0.385 e. The number of ketones is 1. The average molecular weight is 366 g/mol. The van der Waals surface area contributed by atoms with Gasteiger partial charge in [0.1, 0.15) is 6.10 Å². The standard InChI is InChI=1S/C21H34O5/c1-13-15(22)16(23)17-18(2,3)7-6-8-19(17,4)21(13)10-9-20(26-21)11-14(24-5)25-12-20/h13-14,16-17,23H,6-12H2,1-5H3. The van der Waals surface area contributed by atoms with Crippen molar-refractivity contribution in [1.82, 2.24) is 0 Å². The summed E-state index contributed by atoms with van der Waals surface area (Å²) in [6.45, 7) is 9.19. The zero-order valence-corrected chi connectivity index (χ0v) is 16.8. The molecular formula is C21H34O5. The van der Waals surface area contributed by atoms with Crippen molar-refractivity contribution in [2.24, 2.45) is 22.7 Å². The minimum absolute atomic E-state index is 0.0401. The van der Waals surface area contributed by atoms with E-state index in [2.05, 4.69) is 20.8 Å². The zero-order chi connectivity index (χ0) is 19.0. The molecule has 2 spiro atoms. The highest BCUT2D eigenvalue weighted by Crippen LogP contribution is 2.67. The highest BCUT2D eigenvalue weighted by Gasteiger charge is 2.72. The summed E-state index contributed by atoms with van der Waals surface area (Å²) >= 11 is 0. The summed E-state index contributed by atoms with van der Waals surface area (Å²) in [6, 6.07) is 0. The Kier molecular flexibility index (Phi) is 4.17. The van der Waals surface area contributed by atoms with Gasteiger partial charge in [0.25, 0.3) is 0 Å². The van der Waals surface area contributed by atoms with E-state index in [1.165, 1.54) is 0 Å². The minimum atomic E-state index is -0.886. The quantitative estimate of drug-likeness (QED) is 0.773. The second-order valence-corrected chi connectivity index (χ2v) is 10.2. The second-order valence-electron chi connectivity index (χ2n) is 10.2. The van der Waals surface area contributed by atoms with Crippen LogP contribution in [0.3, 0.4) is 0 Å². The normalized spacial score (nSPS) is 53.4. The van der Waals surface area contributed by atoms with Crippen LogP contribution in [0.5, 0.6) is 0 Å². The summed E-state index contributed by atoms with van der Waals surface area (Å²) in [5, 5.41) is 11.0. The summed E-state index contributed by atoms with van der Waals surface area (Å²) in [4.78, 5) is 13.1. The van der Waals surface area contributed by atoms with Gasteiger partial charge in [-0.25, -0.2) is 0 Å². The molecule has 4 aliphatic rings. The fourth-order valence-electron chi connectivity index (χ4n) is 7.15. The minimum Gasteiger partial charge on any atom is -0.385 e. The van der Waals surface area contributed by atoms with Crippen LogP contribution in [0.25, 0.3) is 0 Å². The third-order valence-corrected chi connectivity index (χ3v) is 8.43. The molecule has 0 amide bonds. The van der Waals surface area contributed by atoms with E-state index in [1.807, 2.05) is 6.92 Å². The topological polar surface area (TPSA) is 65.0 Å².